The van der Waals surface area contributed by atoms with E-state index in [1.807, 2.05) is 6.92 Å². The van der Waals surface area contributed by atoms with Crippen molar-refractivity contribution in [3.05, 3.63) is 36.3 Å². The van der Waals surface area contributed by atoms with Crippen LogP contribution in [0.4, 0.5) is 0 Å². The molecule has 3 nitrogen and oxygen atoms in total. The van der Waals surface area contributed by atoms with Crippen molar-refractivity contribution in [2.75, 3.05) is 7.05 Å². The van der Waals surface area contributed by atoms with Gasteiger partial charge in [0.2, 0.25) is 5.90 Å². The van der Waals surface area contributed by atoms with Crippen LogP contribution in [0.25, 0.3) is 0 Å². The van der Waals surface area contributed by atoms with Crippen LogP contribution in [0.5, 0.6) is 0 Å². The number of allylic oxidation sites excluding steroid dienone is 2. The Morgan fingerprint density at radius 3 is 2.21 bits per heavy atom. The Kier molecular flexibility index (Phi) is 12.0. The highest BCUT2D eigenvalue weighted by Gasteiger charge is 2.16. The van der Waals surface area contributed by atoms with Crippen molar-refractivity contribution in [2.45, 2.75) is 72.6 Å². The van der Waals surface area contributed by atoms with E-state index in [1.165, 1.54) is 32.1 Å². The molecule has 0 amide bonds. The maximum atomic E-state index is 5.85. The van der Waals surface area contributed by atoms with Crippen LogP contribution in [-0.4, -0.2) is 12.9 Å². The monoisotopic (exact) mass is 334 g/mol. The molecule has 24 heavy (non-hydrogen) atoms. The first-order valence-corrected chi connectivity index (χ1v) is 9.32. The van der Waals surface area contributed by atoms with Crippen LogP contribution < -0.4 is 5.73 Å². The van der Waals surface area contributed by atoms with Gasteiger partial charge in [0.15, 0.2) is 0 Å². The first-order valence-electron chi connectivity index (χ1n) is 9.32. The van der Waals surface area contributed by atoms with Gasteiger partial charge in [0.25, 0.3) is 0 Å². The van der Waals surface area contributed by atoms with Gasteiger partial charge in [-0.25, -0.2) is 0 Å². The van der Waals surface area contributed by atoms with Gasteiger partial charge in [0.1, 0.15) is 0 Å². The quantitative estimate of drug-likeness (QED) is 0.206. The molecular formula is C21H38N2O. The number of ether oxygens (including phenoxy) is 1. The average molecular weight is 335 g/mol. The lowest BCUT2D eigenvalue weighted by Crippen LogP contribution is -2.13. The molecule has 0 spiro atoms. The van der Waals surface area contributed by atoms with Crippen molar-refractivity contribution in [2.24, 2.45) is 22.6 Å². The number of hydrogen-bond acceptors (Lipinski definition) is 3. The second-order valence-corrected chi connectivity index (χ2v) is 6.68. The van der Waals surface area contributed by atoms with Crippen LogP contribution in [0.15, 0.2) is 41.3 Å². The van der Waals surface area contributed by atoms with Crippen molar-refractivity contribution in [3.8, 4) is 0 Å². The van der Waals surface area contributed by atoms with E-state index in [4.69, 9.17) is 10.5 Å². The Morgan fingerprint density at radius 2 is 1.79 bits per heavy atom. The second kappa shape index (κ2) is 12.9. The fraction of sp³-hybridized carbons (Fsp3) is 0.667. The summed E-state index contributed by atoms with van der Waals surface area (Å²) >= 11 is 0. The summed E-state index contributed by atoms with van der Waals surface area (Å²) in [6.45, 7) is 16.6. The molecule has 0 fully saturated rings. The molecule has 138 valence electrons. The van der Waals surface area contributed by atoms with Crippen LogP contribution in [0.1, 0.15) is 72.6 Å². The van der Waals surface area contributed by atoms with Crippen molar-refractivity contribution < 1.29 is 4.74 Å². The molecule has 0 bridgehead atoms. The average Bonchev–Trinajstić information content (AvgIpc) is 2.53. The normalized spacial score (nSPS) is 14.3. The minimum atomic E-state index is 0.498. The van der Waals surface area contributed by atoms with E-state index in [0.29, 0.717) is 11.6 Å². The fourth-order valence-electron chi connectivity index (χ4n) is 3.14. The number of rotatable bonds is 12. The van der Waals surface area contributed by atoms with E-state index >= 15 is 0 Å². The third kappa shape index (κ3) is 8.37. The minimum absolute atomic E-state index is 0.498. The zero-order chi connectivity index (χ0) is 18.5. The molecular weight excluding hydrogens is 296 g/mol. The molecule has 0 saturated carbocycles. The maximum Gasteiger partial charge on any atom is 0.222 e. The van der Waals surface area contributed by atoms with Crippen molar-refractivity contribution in [1.82, 2.24) is 0 Å². The molecule has 0 heterocycles. The van der Waals surface area contributed by atoms with Gasteiger partial charge < -0.3 is 10.5 Å². The highest BCUT2D eigenvalue weighted by atomic mass is 16.5. The standard InChI is InChI=1S/C21H38N2O/c1-8-12-19(13-9-2)16(4)14-11-15-17(5)24-21(23-7)20(10-3)18(6)22/h10,16,19H,3,5,8-9,11-15,22H2,1-2,4,6-7H3/b20-18-,23-21?. The minimum Gasteiger partial charge on any atom is -0.444 e. The van der Waals surface area contributed by atoms with E-state index in [9.17, 15) is 0 Å². The van der Waals surface area contributed by atoms with Gasteiger partial charge in [-0.2, -0.15) is 0 Å². The highest BCUT2D eigenvalue weighted by Crippen LogP contribution is 2.27. The molecule has 0 aromatic rings. The third-order valence-corrected chi connectivity index (χ3v) is 4.54. The lowest BCUT2D eigenvalue weighted by atomic mass is 9.83. The summed E-state index contributed by atoms with van der Waals surface area (Å²) in [5.41, 5.74) is 7.23. The highest BCUT2D eigenvalue weighted by molar-refractivity contribution is 5.97. The topological polar surface area (TPSA) is 47.6 Å². The summed E-state index contributed by atoms with van der Waals surface area (Å²) in [4.78, 5) is 4.17. The van der Waals surface area contributed by atoms with Crippen LogP contribution >= 0.6 is 0 Å². The van der Waals surface area contributed by atoms with E-state index < -0.39 is 0 Å². The predicted octanol–water partition coefficient (Wildman–Crippen LogP) is 5.99. The largest absolute Gasteiger partial charge is 0.444 e. The molecule has 0 aliphatic heterocycles. The Bertz CT molecular complexity index is 439. The summed E-state index contributed by atoms with van der Waals surface area (Å²) in [7, 11) is 1.69. The smallest absolute Gasteiger partial charge is 0.222 e. The molecule has 0 radical (unpaired) electrons. The van der Waals surface area contributed by atoms with Gasteiger partial charge in [0.05, 0.1) is 11.3 Å². The molecule has 0 saturated heterocycles. The molecule has 1 atom stereocenters. The van der Waals surface area contributed by atoms with Gasteiger partial charge in [-0.3, -0.25) is 4.99 Å². The van der Waals surface area contributed by atoms with Crippen LogP contribution in [0.2, 0.25) is 0 Å². The van der Waals surface area contributed by atoms with Crippen molar-refractivity contribution >= 4 is 5.90 Å². The van der Waals surface area contributed by atoms with E-state index in [1.54, 1.807) is 13.1 Å². The van der Waals surface area contributed by atoms with Crippen molar-refractivity contribution in [3.63, 3.8) is 0 Å². The molecule has 0 aromatic carbocycles. The lowest BCUT2D eigenvalue weighted by Gasteiger charge is -2.23. The summed E-state index contributed by atoms with van der Waals surface area (Å²) in [6.07, 6.45) is 10.0. The summed E-state index contributed by atoms with van der Waals surface area (Å²) < 4.78 is 5.80. The van der Waals surface area contributed by atoms with Gasteiger partial charge in [-0.15, -0.1) is 0 Å². The van der Waals surface area contributed by atoms with Crippen LogP contribution in [0, 0.1) is 11.8 Å². The van der Waals surface area contributed by atoms with Gasteiger partial charge in [-0.05, 0) is 25.2 Å². The molecule has 0 aliphatic rings. The number of nitrogens with zero attached hydrogens (tertiary/aromatic N) is 1. The molecule has 0 aromatic heterocycles. The molecule has 0 rings (SSSR count). The number of aliphatic imine (C=N–C) groups is 1. The fourth-order valence-corrected chi connectivity index (χ4v) is 3.14. The van der Waals surface area contributed by atoms with Crippen LogP contribution in [0.3, 0.4) is 0 Å². The first kappa shape index (κ1) is 22.5. The van der Waals surface area contributed by atoms with Gasteiger partial charge in [0, 0.05) is 19.2 Å². The van der Waals surface area contributed by atoms with E-state index in [0.717, 1.165) is 36.0 Å². The van der Waals surface area contributed by atoms with E-state index in [-0.39, 0.29) is 0 Å². The lowest BCUT2D eigenvalue weighted by molar-refractivity contribution is 0.284. The van der Waals surface area contributed by atoms with Crippen LogP contribution in [-0.2, 0) is 4.74 Å². The Labute approximate surface area is 149 Å². The molecule has 0 aliphatic carbocycles. The molecule has 2 N–H and O–H groups in total. The number of hydrogen-bond donors (Lipinski definition) is 1. The van der Waals surface area contributed by atoms with Crippen molar-refractivity contribution in [1.29, 1.82) is 0 Å². The summed E-state index contributed by atoms with van der Waals surface area (Å²) in [5.74, 6) is 2.84. The molecule has 1 unspecified atom stereocenters. The first-order chi connectivity index (χ1) is 11.4. The zero-order valence-electron chi connectivity index (χ0n) is 16.5. The summed E-state index contributed by atoms with van der Waals surface area (Å²) in [5, 5.41) is 0. The SMILES string of the molecule is C=C/C(C(=NC)OC(=C)CCCC(C)C(CCC)CCC)=C(\C)N. The number of nitrogens with two attached hydrogens (primary N) is 1. The summed E-state index contributed by atoms with van der Waals surface area (Å²) in [6, 6.07) is 0. The Balaban J connectivity index is 4.44. The maximum absolute atomic E-state index is 5.85. The Morgan fingerprint density at radius 1 is 1.21 bits per heavy atom. The second-order valence-electron chi connectivity index (χ2n) is 6.68. The Hall–Kier alpha value is -1.51. The van der Waals surface area contributed by atoms with E-state index in [2.05, 4.69) is 38.9 Å². The molecule has 3 heteroatoms. The van der Waals surface area contributed by atoms with Gasteiger partial charge in [-0.1, -0.05) is 72.1 Å². The van der Waals surface area contributed by atoms with Gasteiger partial charge >= 0.3 is 0 Å². The predicted molar refractivity (Wildman–Crippen MR) is 107 cm³/mol. The zero-order valence-corrected chi connectivity index (χ0v) is 16.5. The third-order valence-electron chi connectivity index (χ3n) is 4.54.